The molecular formula is C7H17NV9Y-2. The molecule has 0 bridgehead atoms. The Morgan fingerprint density at radius 3 is 0.667 bits per heavy atom. The van der Waals surface area contributed by atoms with E-state index < -0.39 is 0 Å². The third-order valence-electron chi connectivity index (χ3n) is 0.730. The van der Waals surface area contributed by atoms with Crippen LogP contribution in [0.1, 0.15) is 27.7 Å². The van der Waals surface area contributed by atoms with Gasteiger partial charge in [-0.05, 0) is 6.04 Å². The number of nitrogens with zero attached hydrogens (tertiary/aromatic N) is 1. The van der Waals surface area contributed by atoms with Crippen LogP contribution in [0.2, 0.25) is 0 Å². The number of rotatable bonds is 1. The van der Waals surface area contributed by atoms with Crippen molar-refractivity contribution in [1.29, 1.82) is 0 Å². The molecule has 0 fully saturated rings. The van der Waals surface area contributed by atoms with Crippen LogP contribution in [-0.2, 0) is 200 Å². The summed E-state index contributed by atoms with van der Waals surface area (Å²) in [5, 5.41) is 0. The van der Waals surface area contributed by atoms with E-state index in [4.69, 9.17) is 0 Å². The Morgan fingerprint density at radius 1 is 0.611 bits per heavy atom. The van der Waals surface area contributed by atoms with Gasteiger partial charge in [0, 0.05) is 200 Å². The zero-order valence-electron chi connectivity index (χ0n) is 11.0. The molecule has 0 aromatic heterocycles. The Bertz CT molecular complexity index is 47.9. The first-order valence-electron chi connectivity index (χ1n) is 3.05. The van der Waals surface area contributed by atoms with Crippen LogP contribution in [0.4, 0.5) is 0 Å². The third kappa shape index (κ3) is 95.2. The van der Waals surface area contributed by atoms with Gasteiger partial charge in [0.1, 0.15) is 0 Å². The summed E-state index contributed by atoms with van der Waals surface area (Å²) in [5.41, 5.74) is 0. The summed E-state index contributed by atoms with van der Waals surface area (Å²) >= 11 is 0. The van der Waals surface area contributed by atoms with Crippen LogP contribution < -0.4 is 0 Å². The van der Waals surface area contributed by atoms with Gasteiger partial charge in [-0.3, -0.25) is 0 Å². The molecule has 100 valence electrons. The van der Waals surface area contributed by atoms with Gasteiger partial charge >= 0.3 is 0 Å². The van der Waals surface area contributed by atoms with E-state index in [0.29, 0.717) is 6.04 Å². The van der Waals surface area contributed by atoms with E-state index in [1.54, 1.807) is 4.90 Å². The summed E-state index contributed by atoms with van der Waals surface area (Å²) < 4.78 is 0. The van der Waals surface area contributed by atoms with E-state index in [1.807, 2.05) is 27.7 Å². The van der Waals surface area contributed by atoms with E-state index in [9.17, 15) is 0 Å². The minimum atomic E-state index is 0. The second kappa shape index (κ2) is 76.5. The third-order valence-corrected chi connectivity index (χ3v) is 0.730. The fraction of sp³-hybridized carbons (Fsp3) is 0.714. The fourth-order valence-corrected chi connectivity index (χ4v) is 0. The molecule has 0 spiro atoms. The van der Waals surface area contributed by atoms with Crippen molar-refractivity contribution in [2.75, 3.05) is 0 Å². The maximum atomic E-state index is 3.56. The smallest absolute Gasteiger partial charge is 0 e. The van der Waals surface area contributed by atoms with Gasteiger partial charge in [0.15, 0.2) is 0 Å². The van der Waals surface area contributed by atoms with Gasteiger partial charge in [0.25, 0.3) is 0 Å². The molecule has 0 amide bonds. The zero-order chi connectivity index (χ0) is 7.15. The summed E-state index contributed by atoms with van der Waals surface area (Å²) in [4.78, 5) is 1.67. The molecule has 0 saturated heterocycles. The van der Waals surface area contributed by atoms with Crippen LogP contribution in [0, 0.1) is 14.1 Å². The second-order valence-electron chi connectivity index (χ2n) is 1.68. The molecule has 0 heterocycles. The van der Waals surface area contributed by atoms with Crippen molar-refractivity contribution in [1.82, 2.24) is 4.90 Å². The van der Waals surface area contributed by atoms with Crippen LogP contribution in [0.5, 0.6) is 0 Å². The summed E-state index contributed by atoms with van der Waals surface area (Å²) in [6.45, 7) is 8.08. The summed E-state index contributed by atoms with van der Waals surface area (Å²) in [6, 6.07) is 0.463. The van der Waals surface area contributed by atoms with Crippen molar-refractivity contribution in [3.8, 4) is 0 Å². The number of hydrogen-bond acceptors (Lipinski definition) is 1. The average molecular weight is 663 g/mol. The van der Waals surface area contributed by atoms with E-state index >= 15 is 0 Å². The molecule has 0 aliphatic rings. The Kier molecular flexibility index (Phi) is 370. The Balaban J connectivity index is -0.00000000287. The normalized spacial score (nSPS) is 4.00. The van der Waals surface area contributed by atoms with Gasteiger partial charge in [-0.25, -0.2) is 0 Å². The van der Waals surface area contributed by atoms with Crippen LogP contribution in [0.15, 0.2) is 0 Å². The summed E-state index contributed by atoms with van der Waals surface area (Å²) in [6.07, 6.45) is 0. The molecule has 18 heavy (non-hydrogen) atoms. The molecule has 0 rings (SSSR count). The Labute approximate surface area is 247 Å². The van der Waals surface area contributed by atoms with Gasteiger partial charge < -0.3 is 19.0 Å². The van der Waals surface area contributed by atoms with Crippen molar-refractivity contribution in [3.63, 3.8) is 0 Å². The molecule has 0 atom stereocenters. The molecule has 0 aromatic rings. The average Bonchev–Trinajstić information content (AvgIpc) is 1.72. The van der Waals surface area contributed by atoms with E-state index in [1.165, 1.54) is 0 Å². The molecule has 0 unspecified atom stereocenters. The topological polar surface area (TPSA) is 3.24 Å². The predicted octanol–water partition coefficient (Wildman–Crippen LogP) is 2.28. The molecule has 10 radical (unpaired) electrons. The first-order valence-corrected chi connectivity index (χ1v) is 3.05. The van der Waals surface area contributed by atoms with Crippen molar-refractivity contribution in [3.05, 3.63) is 14.1 Å². The van der Waals surface area contributed by atoms with Crippen molar-refractivity contribution < 1.29 is 200 Å². The van der Waals surface area contributed by atoms with E-state index in [-0.39, 0.29) is 200 Å². The first-order chi connectivity index (χ1) is 3.64. The molecule has 0 saturated carbocycles. The molecule has 0 aliphatic heterocycles. The van der Waals surface area contributed by atoms with Crippen LogP contribution in [0.3, 0.4) is 0 Å². The molecule has 0 aliphatic carbocycles. The largest absolute Gasteiger partial charge is 0.608 e. The molecule has 0 aromatic carbocycles. The molecule has 1 nitrogen and oxygen atoms in total. The summed E-state index contributed by atoms with van der Waals surface area (Å²) in [7, 11) is 7.12. The standard InChI is InChI=1S/C5H11N.C2H6.9V.Y/c1-5(2)6(3)4;1-2;;;;;;;;;;/h5H,3-4H2,1-2H3;1-2H3;;;;;;;;;;/q-2;;;;;;;;;;;. The molecular weight excluding hydrogens is 645 g/mol. The zero-order valence-corrected chi connectivity index (χ0v) is 26.4. The van der Waals surface area contributed by atoms with E-state index in [2.05, 4.69) is 14.1 Å². The van der Waals surface area contributed by atoms with Crippen LogP contribution in [0.25, 0.3) is 0 Å². The SMILES string of the molecule is CC.[CH2-]N([CH2-])C(C)C.[V].[V].[V].[V].[V].[V].[V].[V].[V].[Y]. The molecule has 11 heteroatoms. The van der Waals surface area contributed by atoms with Gasteiger partial charge in [-0.2, -0.15) is 0 Å². The fourth-order valence-electron chi connectivity index (χ4n) is 0. The molecule has 0 N–H and O–H groups in total. The van der Waals surface area contributed by atoms with E-state index in [0.717, 1.165) is 0 Å². The van der Waals surface area contributed by atoms with Crippen molar-refractivity contribution in [2.24, 2.45) is 0 Å². The minimum absolute atomic E-state index is 0. The van der Waals surface area contributed by atoms with Gasteiger partial charge in [-0.15, -0.1) is 0 Å². The second-order valence-corrected chi connectivity index (χ2v) is 1.68. The van der Waals surface area contributed by atoms with Gasteiger partial charge in [0.05, 0.1) is 0 Å². The maximum Gasteiger partial charge on any atom is 0 e. The van der Waals surface area contributed by atoms with Crippen molar-refractivity contribution in [2.45, 2.75) is 33.7 Å². The summed E-state index contributed by atoms with van der Waals surface area (Å²) in [5.74, 6) is 0. The van der Waals surface area contributed by atoms with Gasteiger partial charge in [-0.1, -0.05) is 27.7 Å². The van der Waals surface area contributed by atoms with Crippen LogP contribution >= 0.6 is 0 Å². The first kappa shape index (κ1) is 87.1. The maximum absolute atomic E-state index is 3.56. The quantitative estimate of drug-likeness (QED) is 0.390. The van der Waals surface area contributed by atoms with Crippen LogP contribution in [-0.4, -0.2) is 10.9 Å². The number of hydrogen-bond donors (Lipinski definition) is 0. The van der Waals surface area contributed by atoms with Gasteiger partial charge in [0.2, 0.25) is 0 Å². The Morgan fingerprint density at radius 2 is 0.667 bits per heavy atom. The van der Waals surface area contributed by atoms with Crippen molar-refractivity contribution >= 4 is 0 Å². The Hall–Kier alpha value is 6.32. The predicted molar refractivity (Wildman–Crippen MR) is 39.0 cm³/mol. The monoisotopic (exact) mass is 663 g/mol. The minimum Gasteiger partial charge on any atom is -0.608 e.